The molecule has 1 saturated heterocycles. The minimum Gasteiger partial charge on any atom is -0.355 e. The van der Waals surface area contributed by atoms with Crippen LogP contribution in [0.15, 0.2) is 18.5 Å². The lowest BCUT2D eigenvalue weighted by atomic mass is 9.93. The summed E-state index contributed by atoms with van der Waals surface area (Å²) < 4.78 is 1.96. The fourth-order valence-corrected chi connectivity index (χ4v) is 3.12. The third-order valence-corrected chi connectivity index (χ3v) is 4.47. The maximum Gasteiger partial charge on any atom is 0.154 e. The molecule has 114 valence electrons. The predicted molar refractivity (Wildman–Crippen MR) is 85.7 cm³/mol. The van der Waals surface area contributed by atoms with Crippen molar-refractivity contribution in [3.05, 3.63) is 24.2 Å². The first kappa shape index (κ1) is 14.3. The zero-order valence-electron chi connectivity index (χ0n) is 13.0. The Bertz CT molecular complexity index is 596. The van der Waals surface area contributed by atoms with E-state index in [1.165, 1.54) is 12.8 Å². The van der Waals surface area contributed by atoms with Crippen molar-refractivity contribution in [1.82, 2.24) is 14.6 Å². The third kappa shape index (κ3) is 2.88. The summed E-state index contributed by atoms with van der Waals surface area (Å²) in [4.78, 5) is 7.01. The van der Waals surface area contributed by atoms with Crippen LogP contribution in [0, 0.1) is 5.92 Å². The zero-order chi connectivity index (χ0) is 14.8. The number of fused-ring (bicyclic) bond motifs is 1. The van der Waals surface area contributed by atoms with E-state index < -0.39 is 0 Å². The van der Waals surface area contributed by atoms with Crippen LogP contribution in [0.4, 0.5) is 5.82 Å². The molecule has 3 rings (SSSR count). The zero-order valence-corrected chi connectivity index (χ0v) is 13.0. The minimum absolute atomic E-state index is 0.438. The quantitative estimate of drug-likeness (QED) is 0.938. The largest absolute Gasteiger partial charge is 0.355 e. The van der Waals surface area contributed by atoms with E-state index in [2.05, 4.69) is 34.9 Å². The maximum atomic E-state index is 5.67. The molecule has 0 radical (unpaired) electrons. The van der Waals surface area contributed by atoms with Crippen molar-refractivity contribution in [2.45, 2.75) is 39.0 Å². The van der Waals surface area contributed by atoms with E-state index in [1.54, 1.807) is 0 Å². The number of hydrogen-bond donors (Lipinski definition) is 1. The first-order valence-electron chi connectivity index (χ1n) is 7.98. The van der Waals surface area contributed by atoms with Crippen molar-refractivity contribution in [3.8, 4) is 0 Å². The normalized spacial score (nSPS) is 17.0. The second-order valence-electron chi connectivity index (χ2n) is 6.31. The van der Waals surface area contributed by atoms with E-state index in [-0.39, 0.29) is 0 Å². The first-order chi connectivity index (χ1) is 10.2. The van der Waals surface area contributed by atoms with E-state index in [1.807, 2.05) is 16.9 Å². The summed E-state index contributed by atoms with van der Waals surface area (Å²) in [5.74, 6) is 2.29. The van der Waals surface area contributed by atoms with Crippen LogP contribution in [0.3, 0.4) is 0 Å². The summed E-state index contributed by atoms with van der Waals surface area (Å²) in [6.07, 6.45) is 7.36. The summed E-state index contributed by atoms with van der Waals surface area (Å²) in [6, 6.07) is 2.18. The first-order valence-corrected chi connectivity index (χ1v) is 7.98. The molecule has 1 aliphatic heterocycles. The number of nitrogens with zero attached hydrogens (tertiary/aromatic N) is 4. The summed E-state index contributed by atoms with van der Waals surface area (Å²) in [5, 5.41) is 4.65. The fourth-order valence-electron chi connectivity index (χ4n) is 3.12. The van der Waals surface area contributed by atoms with Crippen LogP contribution in [0.5, 0.6) is 0 Å². The second kappa shape index (κ2) is 6.02. The molecule has 5 nitrogen and oxygen atoms in total. The Kier molecular flexibility index (Phi) is 4.10. The van der Waals surface area contributed by atoms with Gasteiger partial charge in [0.1, 0.15) is 5.52 Å². The van der Waals surface area contributed by atoms with Crippen molar-refractivity contribution in [1.29, 1.82) is 0 Å². The molecule has 0 aromatic carbocycles. The Morgan fingerprint density at radius 1 is 1.33 bits per heavy atom. The van der Waals surface area contributed by atoms with Gasteiger partial charge in [0.2, 0.25) is 0 Å². The molecule has 0 saturated carbocycles. The van der Waals surface area contributed by atoms with Crippen LogP contribution >= 0.6 is 0 Å². The number of nitrogens with two attached hydrogens (primary N) is 1. The molecule has 1 fully saturated rings. The van der Waals surface area contributed by atoms with Gasteiger partial charge in [0.05, 0.1) is 5.69 Å². The lowest BCUT2D eigenvalue weighted by Gasteiger charge is -2.32. The van der Waals surface area contributed by atoms with E-state index in [9.17, 15) is 0 Å². The Morgan fingerprint density at radius 2 is 2.10 bits per heavy atom. The van der Waals surface area contributed by atoms with E-state index in [0.717, 1.165) is 49.0 Å². The lowest BCUT2D eigenvalue weighted by Crippen LogP contribution is -2.35. The van der Waals surface area contributed by atoms with Gasteiger partial charge in [-0.05, 0) is 43.7 Å². The molecule has 21 heavy (non-hydrogen) atoms. The lowest BCUT2D eigenvalue weighted by molar-refractivity contribution is 0.385. The van der Waals surface area contributed by atoms with Crippen molar-refractivity contribution in [3.63, 3.8) is 0 Å². The van der Waals surface area contributed by atoms with Crippen LogP contribution < -0.4 is 10.6 Å². The van der Waals surface area contributed by atoms with Gasteiger partial charge in [0.15, 0.2) is 5.82 Å². The van der Waals surface area contributed by atoms with Gasteiger partial charge in [-0.2, -0.15) is 5.10 Å². The van der Waals surface area contributed by atoms with Crippen molar-refractivity contribution >= 4 is 11.3 Å². The highest BCUT2D eigenvalue weighted by Gasteiger charge is 2.22. The number of rotatable bonds is 4. The molecular weight excluding hydrogens is 262 g/mol. The molecule has 0 amide bonds. The smallest absolute Gasteiger partial charge is 0.154 e. The van der Waals surface area contributed by atoms with Gasteiger partial charge in [-0.1, -0.05) is 13.8 Å². The van der Waals surface area contributed by atoms with Gasteiger partial charge in [-0.15, -0.1) is 0 Å². The molecule has 5 heteroatoms. The van der Waals surface area contributed by atoms with Gasteiger partial charge in [-0.3, -0.25) is 0 Å². The highest BCUT2D eigenvalue weighted by atomic mass is 15.3. The molecule has 0 unspecified atom stereocenters. The summed E-state index contributed by atoms with van der Waals surface area (Å²) >= 11 is 0. The maximum absolute atomic E-state index is 5.67. The van der Waals surface area contributed by atoms with Gasteiger partial charge in [-0.25, -0.2) is 9.50 Å². The monoisotopic (exact) mass is 287 g/mol. The Balaban J connectivity index is 1.84. The number of aromatic nitrogens is 3. The Morgan fingerprint density at radius 3 is 2.76 bits per heavy atom. The number of piperidine rings is 1. The summed E-state index contributed by atoms with van der Waals surface area (Å²) in [6.45, 7) is 7.29. The van der Waals surface area contributed by atoms with Gasteiger partial charge >= 0.3 is 0 Å². The van der Waals surface area contributed by atoms with Crippen LogP contribution in [0.2, 0.25) is 0 Å². The van der Waals surface area contributed by atoms with Crippen molar-refractivity contribution in [2.24, 2.45) is 11.7 Å². The molecule has 2 N–H and O–H groups in total. The molecule has 0 spiro atoms. The average Bonchev–Trinajstić information content (AvgIpc) is 2.93. The fraction of sp³-hybridized carbons (Fsp3) is 0.625. The number of anilines is 1. The van der Waals surface area contributed by atoms with Gasteiger partial charge in [0, 0.05) is 25.5 Å². The van der Waals surface area contributed by atoms with Crippen LogP contribution in [0.25, 0.3) is 5.52 Å². The Labute approximate surface area is 126 Å². The summed E-state index contributed by atoms with van der Waals surface area (Å²) in [7, 11) is 0. The van der Waals surface area contributed by atoms with Gasteiger partial charge < -0.3 is 10.6 Å². The molecular formula is C16H25N5. The molecule has 0 atom stereocenters. The Hall–Kier alpha value is -1.62. The molecule has 0 bridgehead atoms. The second-order valence-corrected chi connectivity index (χ2v) is 6.31. The van der Waals surface area contributed by atoms with E-state index in [4.69, 9.17) is 5.73 Å². The topological polar surface area (TPSA) is 59.5 Å². The SMILES string of the molecule is CC(C)c1cc2c(N3CCC(CCN)CC3)nccn2n1. The third-order valence-electron chi connectivity index (χ3n) is 4.47. The minimum atomic E-state index is 0.438. The van der Waals surface area contributed by atoms with Crippen LogP contribution in [0.1, 0.15) is 44.7 Å². The van der Waals surface area contributed by atoms with E-state index in [0.29, 0.717) is 5.92 Å². The predicted octanol–water partition coefficient (Wildman–Crippen LogP) is 2.42. The standard InChI is InChI=1S/C16H25N5/c1-12(2)14-11-15-16(18-7-10-21(15)19-14)20-8-4-13(3-6-17)5-9-20/h7,10-13H,3-6,8-9,17H2,1-2H3. The van der Waals surface area contributed by atoms with Crippen molar-refractivity contribution < 1.29 is 0 Å². The molecule has 3 heterocycles. The molecule has 2 aromatic rings. The highest BCUT2D eigenvalue weighted by molar-refractivity contribution is 5.69. The van der Waals surface area contributed by atoms with E-state index >= 15 is 0 Å². The van der Waals surface area contributed by atoms with Crippen LogP contribution in [-0.4, -0.2) is 34.2 Å². The van der Waals surface area contributed by atoms with Gasteiger partial charge in [0.25, 0.3) is 0 Å². The molecule has 2 aromatic heterocycles. The number of hydrogen-bond acceptors (Lipinski definition) is 4. The average molecular weight is 287 g/mol. The van der Waals surface area contributed by atoms with Crippen LogP contribution in [-0.2, 0) is 0 Å². The highest BCUT2D eigenvalue weighted by Crippen LogP contribution is 2.27. The molecule has 1 aliphatic rings. The molecule has 0 aliphatic carbocycles. The van der Waals surface area contributed by atoms with Crippen molar-refractivity contribution in [2.75, 3.05) is 24.5 Å². The summed E-state index contributed by atoms with van der Waals surface area (Å²) in [5.41, 5.74) is 7.92.